The number of carbonyl (C=O) groups is 1. The van der Waals surface area contributed by atoms with Gasteiger partial charge in [0.25, 0.3) is 0 Å². The molecule has 0 aliphatic heterocycles. The van der Waals surface area contributed by atoms with E-state index in [1.807, 2.05) is 42.5 Å². The Balaban J connectivity index is 1.15. The lowest BCUT2D eigenvalue weighted by atomic mass is 9.30. The van der Waals surface area contributed by atoms with Crippen LogP contribution < -0.4 is 4.74 Å². The summed E-state index contributed by atoms with van der Waals surface area (Å²) in [6.45, 7) is 20.1. The molecule has 8 rings (SSSR count). The second-order valence-corrected chi connectivity index (χ2v) is 20.3. The van der Waals surface area contributed by atoms with Crippen LogP contribution in [0.2, 0.25) is 0 Å². The van der Waals surface area contributed by atoms with E-state index in [9.17, 15) is 9.90 Å². The maximum Gasteiger partial charge on any atom is 0.344 e. The molecule has 3 aromatic rings. The number of carbonyl (C=O) groups excluding carboxylic acids is 1. The zero-order chi connectivity index (χ0) is 34.8. The molecule has 2 aromatic carbocycles. The van der Waals surface area contributed by atoms with E-state index in [1.165, 1.54) is 38.5 Å². The van der Waals surface area contributed by atoms with Gasteiger partial charge in [-0.05, 0) is 146 Å². The lowest BCUT2D eigenvalue weighted by molar-refractivity contribution is -0.290. The van der Waals surface area contributed by atoms with Gasteiger partial charge in [-0.1, -0.05) is 79.7 Å². The van der Waals surface area contributed by atoms with E-state index in [1.54, 1.807) is 11.3 Å². The fourth-order valence-corrected chi connectivity index (χ4v) is 14.8. The van der Waals surface area contributed by atoms with Crippen molar-refractivity contribution in [1.82, 2.24) is 4.98 Å². The van der Waals surface area contributed by atoms with Crippen LogP contribution in [0.4, 0.5) is 0 Å². The van der Waals surface area contributed by atoms with Gasteiger partial charge in [-0.2, -0.15) is 0 Å². The summed E-state index contributed by atoms with van der Waals surface area (Å²) < 4.78 is 7.45. The van der Waals surface area contributed by atoms with Gasteiger partial charge in [0.1, 0.15) is 10.8 Å². The molecule has 1 heterocycles. The van der Waals surface area contributed by atoms with E-state index in [4.69, 9.17) is 9.72 Å². The molecular weight excluding hydrogens is 623 g/mol. The molecular formula is C44H59NO3S. The highest BCUT2D eigenvalue weighted by atomic mass is 32.1. The fraction of sp³-hybridized carbons (Fsp3) is 0.682. The predicted molar refractivity (Wildman–Crippen MR) is 200 cm³/mol. The maximum atomic E-state index is 14.7. The van der Waals surface area contributed by atoms with Crippen LogP contribution in [-0.2, 0) is 4.79 Å². The van der Waals surface area contributed by atoms with Crippen LogP contribution in [0.15, 0.2) is 48.5 Å². The largest absolute Gasteiger partial charge is 0.424 e. The van der Waals surface area contributed by atoms with Crippen molar-refractivity contribution in [3.63, 3.8) is 0 Å². The minimum absolute atomic E-state index is 0.0472. The molecule has 1 aromatic heterocycles. The van der Waals surface area contributed by atoms with Gasteiger partial charge in [-0.15, -0.1) is 11.3 Å². The Morgan fingerprint density at radius 3 is 2.37 bits per heavy atom. The van der Waals surface area contributed by atoms with Crippen LogP contribution in [-0.4, -0.2) is 21.7 Å². The van der Waals surface area contributed by atoms with Crippen molar-refractivity contribution in [1.29, 1.82) is 0 Å². The molecule has 1 unspecified atom stereocenters. The molecule has 5 heteroatoms. The Hall–Kier alpha value is -2.24. The van der Waals surface area contributed by atoms with Crippen LogP contribution in [0.3, 0.4) is 0 Å². The van der Waals surface area contributed by atoms with Gasteiger partial charge in [0, 0.05) is 11.0 Å². The molecule has 0 saturated heterocycles. The number of nitrogens with zero attached hydrogens (tertiary/aromatic N) is 1. The molecule has 1 N–H and O–H groups in total. The second-order valence-electron chi connectivity index (χ2n) is 19.3. The summed E-state index contributed by atoms with van der Waals surface area (Å²) in [5.74, 6) is 3.52. The van der Waals surface area contributed by atoms with Gasteiger partial charge in [0.2, 0.25) is 0 Å². The summed E-state index contributed by atoms with van der Waals surface area (Å²) in [5, 5.41) is 14.0. The minimum atomic E-state index is -1.55. The predicted octanol–water partition coefficient (Wildman–Crippen LogP) is 11.4. The molecule has 49 heavy (non-hydrogen) atoms. The van der Waals surface area contributed by atoms with Crippen LogP contribution in [0.5, 0.6) is 5.75 Å². The molecule has 5 fully saturated rings. The Kier molecular flexibility index (Phi) is 7.70. The van der Waals surface area contributed by atoms with Crippen molar-refractivity contribution in [3.8, 4) is 16.3 Å². The van der Waals surface area contributed by atoms with Crippen molar-refractivity contribution >= 4 is 27.5 Å². The SMILES string of the molecule is C[C@@H]1[C@H]2[C@H]3CC[C@@H]4[C@]5(C)[C@@H](CC[C@@]4(C)[C@]3(C)CC[C@@]2(C)CC[C@H]1C)C(C)(C)CCC5(O)C(=O)Oc1cccc(-c2nc3ccccc3s2)c1. The third-order valence-corrected chi connectivity index (χ3v) is 18.1. The average Bonchev–Trinajstić information content (AvgIpc) is 3.50. The standard InChI is InChI=1S/C44H59NO3S/c1-27-18-20-40(5)23-24-41(6)31(36(40)28(27)2)16-17-35-42(41,7)21-19-34-39(3,4)22-25-44(47,43(34,35)8)38(46)48-30-13-11-12-29(26-30)37-45-32-14-9-10-15-33(32)49-37/h9-15,26-28,31,34-36,47H,16-25H2,1-8H3/t27-,28+,31-,34+,35+,36+,40-,41-,42-,43+,44?/m1/s1. The number of aromatic nitrogens is 1. The van der Waals surface area contributed by atoms with E-state index >= 15 is 0 Å². The number of thiazole rings is 1. The first-order valence-corrected chi connectivity index (χ1v) is 20.3. The summed E-state index contributed by atoms with van der Waals surface area (Å²) in [6, 6.07) is 15.9. The second kappa shape index (κ2) is 11.1. The Morgan fingerprint density at radius 2 is 1.59 bits per heavy atom. The van der Waals surface area contributed by atoms with Gasteiger partial charge in [-0.3, -0.25) is 0 Å². The van der Waals surface area contributed by atoms with Crippen molar-refractivity contribution in [2.24, 2.45) is 62.6 Å². The zero-order valence-corrected chi connectivity index (χ0v) is 32.1. The number of hydrogen-bond donors (Lipinski definition) is 1. The highest BCUT2D eigenvalue weighted by Gasteiger charge is 2.75. The van der Waals surface area contributed by atoms with Crippen molar-refractivity contribution in [2.45, 2.75) is 125 Å². The Morgan fingerprint density at radius 1 is 0.816 bits per heavy atom. The molecule has 264 valence electrons. The number of benzene rings is 2. The van der Waals surface area contributed by atoms with Gasteiger partial charge in [-0.25, -0.2) is 9.78 Å². The first-order valence-electron chi connectivity index (χ1n) is 19.5. The van der Waals surface area contributed by atoms with Gasteiger partial charge < -0.3 is 9.84 Å². The van der Waals surface area contributed by atoms with Gasteiger partial charge >= 0.3 is 5.97 Å². The van der Waals surface area contributed by atoms with E-state index in [2.05, 4.69) is 61.5 Å². The van der Waals surface area contributed by atoms with Crippen molar-refractivity contribution < 1.29 is 14.6 Å². The van der Waals surface area contributed by atoms with Crippen molar-refractivity contribution in [2.75, 3.05) is 0 Å². The van der Waals surface area contributed by atoms with Crippen LogP contribution in [0.1, 0.15) is 120 Å². The lowest BCUT2D eigenvalue weighted by Gasteiger charge is -2.75. The lowest BCUT2D eigenvalue weighted by Crippen LogP contribution is -2.73. The molecule has 5 aliphatic carbocycles. The van der Waals surface area contributed by atoms with E-state index in [0.29, 0.717) is 23.5 Å². The number of esters is 1. The first kappa shape index (κ1) is 33.9. The van der Waals surface area contributed by atoms with E-state index < -0.39 is 17.0 Å². The topological polar surface area (TPSA) is 59.4 Å². The monoisotopic (exact) mass is 681 g/mol. The van der Waals surface area contributed by atoms with Crippen molar-refractivity contribution in [3.05, 3.63) is 48.5 Å². The van der Waals surface area contributed by atoms with E-state index in [0.717, 1.165) is 57.8 Å². The Labute approximate surface area is 298 Å². The quantitative estimate of drug-likeness (QED) is 0.221. The summed E-state index contributed by atoms with van der Waals surface area (Å²) in [4.78, 5) is 19.6. The molecule has 0 spiro atoms. The zero-order valence-electron chi connectivity index (χ0n) is 31.3. The number of para-hydroxylation sites is 1. The maximum absolute atomic E-state index is 14.7. The number of ether oxygens (including phenoxy) is 1. The van der Waals surface area contributed by atoms with E-state index in [-0.39, 0.29) is 28.1 Å². The minimum Gasteiger partial charge on any atom is -0.424 e. The van der Waals surface area contributed by atoms with Gasteiger partial charge in [0.15, 0.2) is 5.60 Å². The molecule has 11 atom stereocenters. The summed E-state index contributed by atoms with van der Waals surface area (Å²) in [6.07, 6.45) is 11.2. The number of fused-ring (bicyclic) bond motifs is 8. The molecule has 4 nitrogen and oxygen atoms in total. The molecule has 0 bridgehead atoms. The number of hydrogen-bond acceptors (Lipinski definition) is 5. The number of rotatable bonds is 3. The molecule has 0 amide bonds. The first-order chi connectivity index (χ1) is 23.1. The summed E-state index contributed by atoms with van der Waals surface area (Å²) in [5.41, 5.74) is 0.507. The van der Waals surface area contributed by atoms with Crippen LogP contribution >= 0.6 is 11.3 Å². The number of aliphatic hydroxyl groups is 1. The highest BCUT2D eigenvalue weighted by molar-refractivity contribution is 7.21. The van der Waals surface area contributed by atoms with Crippen LogP contribution in [0, 0.1) is 62.6 Å². The highest BCUT2D eigenvalue weighted by Crippen LogP contribution is 2.78. The third-order valence-electron chi connectivity index (χ3n) is 17.0. The van der Waals surface area contributed by atoms with Gasteiger partial charge in [0.05, 0.1) is 10.2 Å². The Bertz CT molecular complexity index is 1750. The smallest absolute Gasteiger partial charge is 0.344 e. The summed E-state index contributed by atoms with van der Waals surface area (Å²) in [7, 11) is 0. The van der Waals surface area contributed by atoms with Crippen LogP contribution in [0.25, 0.3) is 20.8 Å². The molecule has 5 saturated carbocycles. The normalized spacial score (nSPS) is 44.3. The average molecular weight is 682 g/mol. The summed E-state index contributed by atoms with van der Waals surface area (Å²) >= 11 is 1.65. The molecule has 5 aliphatic rings. The fourth-order valence-electron chi connectivity index (χ4n) is 13.9. The molecule has 0 radical (unpaired) electrons. The third kappa shape index (κ3) is 4.62.